The standard InChI is InChI=1S/C11H16N4O3S/c12-10-3-8(11(13)16)9(5-15-10)14-4-7-1-2-19(17,18)6-7/h3,5,7,14H,1-2,4,6H2,(H2,12,15)(H2,13,16). The molecule has 1 aliphatic heterocycles. The Bertz CT molecular complexity index is 600. The molecule has 0 saturated carbocycles. The van der Waals surface area contributed by atoms with Crippen LogP contribution in [-0.4, -0.2) is 37.4 Å². The Hall–Kier alpha value is -1.83. The number of nitrogens with zero attached hydrogens (tertiary/aromatic N) is 1. The summed E-state index contributed by atoms with van der Waals surface area (Å²) in [6.45, 7) is 0.463. The second-order valence-corrected chi connectivity index (χ2v) is 6.90. The minimum Gasteiger partial charge on any atom is -0.384 e. The van der Waals surface area contributed by atoms with E-state index in [1.807, 2.05) is 0 Å². The number of carbonyl (C=O) groups excluding carboxylic acids is 1. The molecule has 2 heterocycles. The number of hydrogen-bond donors (Lipinski definition) is 3. The third-order valence-electron chi connectivity index (χ3n) is 3.10. The summed E-state index contributed by atoms with van der Waals surface area (Å²) in [5.41, 5.74) is 11.5. The van der Waals surface area contributed by atoms with Crippen molar-refractivity contribution in [2.45, 2.75) is 6.42 Å². The Morgan fingerprint density at radius 3 is 2.84 bits per heavy atom. The Balaban J connectivity index is 2.06. The highest BCUT2D eigenvalue weighted by molar-refractivity contribution is 7.91. The first-order valence-corrected chi connectivity index (χ1v) is 7.69. The Kier molecular flexibility index (Phi) is 3.61. The molecule has 19 heavy (non-hydrogen) atoms. The molecule has 1 aromatic heterocycles. The van der Waals surface area contributed by atoms with Crippen LogP contribution in [0.15, 0.2) is 12.3 Å². The van der Waals surface area contributed by atoms with Crippen LogP contribution in [0.1, 0.15) is 16.8 Å². The molecule has 2 rings (SSSR count). The maximum atomic E-state index is 11.3. The molecular formula is C11H16N4O3S. The van der Waals surface area contributed by atoms with Crippen LogP contribution in [-0.2, 0) is 9.84 Å². The quantitative estimate of drug-likeness (QED) is 0.690. The van der Waals surface area contributed by atoms with Gasteiger partial charge in [-0.1, -0.05) is 0 Å². The van der Waals surface area contributed by atoms with Gasteiger partial charge in [0.2, 0.25) is 0 Å². The number of pyridine rings is 1. The van der Waals surface area contributed by atoms with E-state index in [1.54, 1.807) is 0 Å². The summed E-state index contributed by atoms with van der Waals surface area (Å²) in [5, 5.41) is 3.02. The fraction of sp³-hybridized carbons (Fsp3) is 0.455. The van der Waals surface area contributed by atoms with Gasteiger partial charge in [0, 0.05) is 6.54 Å². The largest absolute Gasteiger partial charge is 0.384 e. The molecule has 0 aromatic carbocycles. The lowest BCUT2D eigenvalue weighted by Crippen LogP contribution is -2.20. The van der Waals surface area contributed by atoms with Crippen LogP contribution in [0, 0.1) is 5.92 Å². The van der Waals surface area contributed by atoms with Gasteiger partial charge in [-0.15, -0.1) is 0 Å². The van der Waals surface area contributed by atoms with Gasteiger partial charge in [-0.05, 0) is 18.4 Å². The number of nitrogens with two attached hydrogens (primary N) is 2. The minimum absolute atomic E-state index is 0.0447. The number of nitrogen functional groups attached to an aromatic ring is 1. The second-order valence-electron chi connectivity index (χ2n) is 4.67. The molecule has 0 bridgehead atoms. The summed E-state index contributed by atoms with van der Waals surface area (Å²) in [6, 6.07) is 1.40. The molecule has 1 atom stereocenters. The normalized spacial score (nSPS) is 21.2. The zero-order chi connectivity index (χ0) is 14.0. The summed E-state index contributed by atoms with van der Waals surface area (Å²) in [4.78, 5) is 15.2. The monoisotopic (exact) mass is 284 g/mol. The molecule has 1 amide bonds. The van der Waals surface area contributed by atoms with Gasteiger partial charge in [-0.2, -0.15) is 0 Å². The van der Waals surface area contributed by atoms with Gasteiger partial charge >= 0.3 is 0 Å². The Labute approximate surface area is 111 Å². The van der Waals surface area contributed by atoms with Gasteiger partial charge in [-0.25, -0.2) is 13.4 Å². The molecule has 7 nitrogen and oxygen atoms in total. The maximum Gasteiger partial charge on any atom is 0.250 e. The summed E-state index contributed by atoms with van der Waals surface area (Å²) < 4.78 is 22.7. The molecule has 1 aromatic rings. The predicted octanol–water partition coefficient (Wildman–Crippen LogP) is -0.391. The van der Waals surface area contributed by atoms with Crippen molar-refractivity contribution in [2.24, 2.45) is 11.7 Å². The lowest BCUT2D eigenvalue weighted by atomic mass is 10.1. The first-order valence-electron chi connectivity index (χ1n) is 5.87. The van der Waals surface area contributed by atoms with Gasteiger partial charge in [0.1, 0.15) is 5.82 Å². The lowest BCUT2D eigenvalue weighted by molar-refractivity contribution is 0.100. The minimum atomic E-state index is -2.90. The molecule has 1 fully saturated rings. The summed E-state index contributed by atoms with van der Waals surface area (Å²) >= 11 is 0. The molecule has 104 valence electrons. The van der Waals surface area contributed by atoms with Crippen molar-refractivity contribution in [1.29, 1.82) is 0 Å². The number of rotatable bonds is 4. The van der Waals surface area contributed by atoms with Crippen LogP contribution in [0.25, 0.3) is 0 Å². The first-order chi connectivity index (χ1) is 8.87. The maximum absolute atomic E-state index is 11.3. The average Bonchev–Trinajstić information content (AvgIpc) is 2.67. The van der Waals surface area contributed by atoms with Crippen LogP contribution in [0.3, 0.4) is 0 Å². The summed E-state index contributed by atoms with van der Waals surface area (Å²) in [7, 11) is -2.90. The summed E-state index contributed by atoms with van der Waals surface area (Å²) in [5.74, 6) is 0.0535. The molecule has 0 radical (unpaired) electrons. The SMILES string of the molecule is NC(=O)c1cc(N)ncc1NCC1CCS(=O)(=O)C1. The number of aromatic nitrogens is 1. The number of anilines is 2. The van der Waals surface area contributed by atoms with E-state index in [9.17, 15) is 13.2 Å². The number of amides is 1. The highest BCUT2D eigenvalue weighted by atomic mass is 32.2. The Morgan fingerprint density at radius 2 is 2.26 bits per heavy atom. The van der Waals surface area contributed by atoms with Crippen LogP contribution in [0.5, 0.6) is 0 Å². The topological polar surface area (TPSA) is 128 Å². The number of sulfone groups is 1. The molecule has 1 saturated heterocycles. The Morgan fingerprint density at radius 1 is 1.53 bits per heavy atom. The van der Waals surface area contributed by atoms with E-state index in [1.165, 1.54) is 12.3 Å². The molecule has 8 heteroatoms. The van der Waals surface area contributed by atoms with Gasteiger partial charge < -0.3 is 16.8 Å². The summed E-state index contributed by atoms with van der Waals surface area (Å²) in [6.07, 6.45) is 2.06. The highest BCUT2D eigenvalue weighted by Gasteiger charge is 2.27. The van der Waals surface area contributed by atoms with Gasteiger partial charge in [0.05, 0.1) is 29.0 Å². The van der Waals surface area contributed by atoms with E-state index in [-0.39, 0.29) is 28.8 Å². The molecule has 0 spiro atoms. The first kappa shape index (κ1) is 13.6. The van der Waals surface area contributed by atoms with Crippen molar-refractivity contribution < 1.29 is 13.2 Å². The third-order valence-corrected chi connectivity index (χ3v) is 4.94. The van der Waals surface area contributed by atoms with Crippen LogP contribution < -0.4 is 16.8 Å². The van der Waals surface area contributed by atoms with Crippen LogP contribution >= 0.6 is 0 Å². The van der Waals surface area contributed by atoms with Crippen molar-refractivity contribution in [2.75, 3.05) is 29.1 Å². The molecule has 0 aliphatic carbocycles. The van der Waals surface area contributed by atoms with Crippen molar-refractivity contribution in [3.05, 3.63) is 17.8 Å². The van der Waals surface area contributed by atoms with Crippen molar-refractivity contribution in [3.8, 4) is 0 Å². The zero-order valence-electron chi connectivity index (χ0n) is 10.3. The number of primary amides is 1. The lowest BCUT2D eigenvalue weighted by Gasteiger charge is -2.13. The predicted molar refractivity (Wildman–Crippen MR) is 72.4 cm³/mol. The van der Waals surface area contributed by atoms with E-state index >= 15 is 0 Å². The van der Waals surface area contributed by atoms with E-state index in [0.717, 1.165) is 0 Å². The fourth-order valence-electron chi connectivity index (χ4n) is 2.10. The zero-order valence-corrected chi connectivity index (χ0v) is 11.1. The smallest absolute Gasteiger partial charge is 0.250 e. The molecule has 1 unspecified atom stereocenters. The van der Waals surface area contributed by atoms with Crippen LogP contribution in [0.4, 0.5) is 11.5 Å². The molecule has 1 aliphatic rings. The van der Waals surface area contributed by atoms with E-state index in [4.69, 9.17) is 11.5 Å². The van der Waals surface area contributed by atoms with Gasteiger partial charge in [0.25, 0.3) is 5.91 Å². The van der Waals surface area contributed by atoms with E-state index < -0.39 is 15.7 Å². The van der Waals surface area contributed by atoms with Gasteiger partial charge in [-0.3, -0.25) is 4.79 Å². The van der Waals surface area contributed by atoms with Crippen molar-refractivity contribution >= 4 is 27.2 Å². The number of hydrogen-bond acceptors (Lipinski definition) is 6. The van der Waals surface area contributed by atoms with Crippen molar-refractivity contribution in [1.82, 2.24) is 4.98 Å². The molecule has 5 N–H and O–H groups in total. The third kappa shape index (κ3) is 3.34. The molecular weight excluding hydrogens is 268 g/mol. The van der Waals surface area contributed by atoms with Crippen LogP contribution in [0.2, 0.25) is 0 Å². The number of nitrogens with one attached hydrogen (secondary N) is 1. The highest BCUT2D eigenvalue weighted by Crippen LogP contribution is 2.21. The fourth-order valence-corrected chi connectivity index (χ4v) is 3.97. The second kappa shape index (κ2) is 5.04. The van der Waals surface area contributed by atoms with Crippen molar-refractivity contribution in [3.63, 3.8) is 0 Å². The van der Waals surface area contributed by atoms with E-state index in [0.29, 0.717) is 18.7 Å². The van der Waals surface area contributed by atoms with E-state index in [2.05, 4.69) is 10.3 Å². The number of carbonyl (C=O) groups is 1. The average molecular weight is 284 g/mol. The van der Waals surface area contributed by atoms with Gasteiger partial charge in [0.15, 0.2) is 9.84 Å².